The van der Waals surface area contributed by atoms with E-state index in [1.165, 1.54) is 6.42 Å². The van der Waals surface area contributed by atoms with E-state index >= 15 is 0 Å². The van der Waals surface area contributed by atoms with E-state index in [-0.39, 0.29) is 0 Å². The molecule has 0 spiro atoms. The topological polar surface area (TPSA) is 68.9 Å². The van der Waals surface area contributed by atoms with Crippen molar-refractivity contribution in [3.63, 3.8) is 0 Å². The van der Waals surface area contributed by atoms with Crippen molar-refractivity contribution in [2.45, 2.75) is 38.2 Å². The highest BCUT2D eigenvalue weighted by Gasteiger charge is 2.32. The second-order valence-electron chi connectivity index (χ2n) is 5.32. The molecule has 1 saturated carbocycles. The second kappa shape index (κ2) is 5.36. The van der Waals surface area contributed by atoms with E-state index in [0.717, 1.165) is 19.3 Å². The van der Waals surface area contributed by atoms with Gasteiger partial charge in [0, 0.05) is 12.7 Å². The number of hydrogen-bond donors (Lipinski definition) is 2. The van der Waals surface area contributed by atoms with Gasteiger partial charge >= 0.3 is 0 Å². The molecule has 0 bridgehead atoms. The Morgan fingerprint density at radius 2 is 2.50 bits per heavy atom. The third-order valence-corrected chi connectivity index (χ3v) is 3.56. The lowest BCUT2D eigenvalue weighted by atomic mass is 9.79. The van der Waals surface area contributed by atoms with E-state index in [9.17, 15) is 5.11 Å². The van der Waals surface area contributed by atoms with E-state index in [4.69, 9.17) is 5.26 Å². The van der Waals surface area contributed by atoms with Crippen LogP contribution in [0.5, 0.6) is 0 Å². The number of pyridine rings is 1. The van der Waals surface area contributed by atoms with Gasteiger partial charge in [0.2, 0.25) is 0 Å². The molecule has 18 heavy (non-hydrogen) atoms. The third-order valence-electron chi connectivity index (χ3n) is 3.56. The van der Waals surface area contributed by atoms with Crippen LogP contribution in [0.1, 0.15) is 38.2 Å². The van der Waals surface area contributed by atoms with Crippen LogP contribution in [0.15, 0.2) is 18.3 Å². The number of hydrogen-bond acceptors (Lipinski definition) is 4. The summed E-state index contributed by atoms with van der Waals surface area (Å²) in [6, 6.07) is 5.45. The molecule has 0 amide bonds. The molecule has 96 valence electrons. The minimum atomic E-state index is -0.637. The van der Waals surface area contributed by atoms with Gasteiger partial charge in [-0.15, -0.1) is 0 Å². The molecule has 4 heteroatoms. The van der Waals surface area contributed by atoms with Gasteiger partial charge in [-0.1, -0.05) is 19.8 Å². The van der Waals surface area contributed by atoms with Crippen LogP contribution in [0.25, 0.3) is 0 Å². The van der Waals surface area contributed by atoms with Crippen molar-refractivity contribution < 1.29 is 5.11 Å². The Bertz CT molecular complexity index is 455. The normalized spacial score (nSPS) is 27.5. The molecule has 2 rings (SSSR count). The van der Waals surface area contributed by atoms with Crippen LogP contribution >= 0.6 is 0 Å². The largest absolute Gasteiger partial charge is 0.388 e. The Hall–Kier alpha value is -1.60. The minimum Gasteiger partial charge on any atom is -0.388 e. The smallest absolute Gasteiger partial charge is 0.127 e. The second-order valence-corrected chi connectivity index (χ2v) is 5.32. The van der Waals surface area contributed by atoms with Gasteiger partial charge in [-0.25, -0.2) is 4.98 Å². The maximum absolute atomic E-state index is 10.5. The first-order chi connectivity index (χ1) is 8.61. The molecule has 1 fully saturated rings. The Morgan fingerprint density at radius 3 is 3.22 bits per heavy atom. The van der Waals surface area contributed by atoms with Gasteiger partial charge < -0.3 is 10.4 Å². The molecule has 1 aromatic rings. The zero-order valence-corrected chi connectivity index (χ0v) is 10.7. The lowest BCUT2D eigenvalue weighted by Crippen LogP contribution is -2.41. The predicted molar refractivity (Wildman–Crippen MR) is 70.0 cm³/mol. The number of aromatic nitrogens is 1. The fraction of sp³-hybridized carbons (Fsp3) is 0.571. The summed E-state index contributed by atoms with van der Waals surface area (Å²) in [7, 11) is 0. The molecular formula is C14H19N3O. The summed E-state index contributed by atoms with van der Waals surface area (Å²) < 4.78 is 0. The SMILES string of the molecule is CC1CCCC(O)(CNc2cc(C#N)ccn2)C1. The fourth-order valence-corrected chi connectivity index (χ4v) is 2.64. The van der Waals surface area contributed by atoms with Crippen molar-refractivity contribution >= 4 is 5.82 Å². The molecule has 0 aliphatic heterocycles. The van der Waals surface area contributed by atoms with Gasteiger partial charge in [0.05, 0.1) is 17.2 Å². The summed E-state index contributed by atoms with van der Waals surface area (Å²) in [5.41, 5.74) is -0.0568. The Kier molecular flexibility index (Phi) is 3.83. The van der Waals surface area contributed by atoms with Crippen LogP contribution in [0.2, 0.25) is 0 Å². The number of nitriles is 1. The summed E-state index contributed by atoms with van der Waals surface area (Å²) >= 11 is 0. The first-order valence-corrected chi connectivity index (χ1v) is 6.44. The average molecular weight is 245 g/mol. The van der Waals surface area contributed by atoms with Crippen molar-refractivity contribution in [2.24, 2.45) is 5.92 Å². The molecule has 0 radical (unpaired) electrons. The van der Waals surface area contributed by atoms with Gasteiger partial charge in [0.15, 0.2) is 0 Å². The number of rotatable bonds is 3. The van der Waals surface area contributed by atoms with Crippen LogP contribution < -0.4 is 5.32 Å². The van der Waals surface area contributed by atoms with Crippen molar-refractivity contribution in [1.82, 2.24) is 4.98 Å². The maximum Gasteiger partial charge on any atom is 0.127 e. The fourth-order valence-electron chi connectivity index (χ4n) is 2.64. The lowest BCUT2D eigenvalue weighted by Gasteiger charge is -2.35. The quantitative estimate of drug-likeness (QED) is 0.857. The zero-order valence-electron chi connectivity index (χ0n) is 10.7. The number of aliphatic hydroxyl groups is 1. The molecule has 2 N–H and O–H groups in total. The summed E-state index contributed by atoms with van der Waals surface area (Å²) in [4.78, 5) is 4.15. The van der Waals surface area contributed by atoms with E-state index in [1.54, 1.807) is 18.3 Å². The molecule has 0 saturated heterocycles. The standard InChI is InChI=1S/C14H19N3O/c1-11-3-2-5-14(18,8-11)10-17-13-7-12(9-15)4-6-16-13/h4,6-7,11,18H,2-3,5,8,10H2,1H3,(H,16,17). The Labute approximate surface area is 108 Å². The predicted octanol–water partition coefficient (Wildman–Crippen LogP) is 2.31. The molecular weight excluding hydrogens is 226 g/mol. The highest BCUT2D eigenvalue weighted by Crippen LogP contribution is 2.32. The summed E-state index contributed by atoms with van der Waals surface area (Å²) in [5, 5.41) is 22.4. The molecule has 1 aliphatic rings. The van der Waals surface area contributed by atoms with Crippen molar-refractivity contribution in [3.8, 4) is 6.07 Å². The van der Waals surface area contributed by atoms with Crippen LogP contribution in [0.3, 0.4) is 0 Å². The molecule has 4 nitrogen and oxygen atoms in total. The minimum absolute atomic E-state index is 0.499. The Balaban J connectivity index is 1.96. The molecule has 1 aromatic heterocycles. The van der Waals surface area contributed by atoms with Crippen LogP contribution in [-0.2, 0) is 0 Å². The number of anilines is 1. The lowest BCUT2D eigenvalue weighted by molar-refractivity contribution is -0.000826. The summed E-state index contributed by atoms with van der Waals surface area (Å²) in [6.07, 6.45) is 5.55. The van der Waals surface area contributed by atoms with E-state index < -0.39 is 5.60 Å². The van der Waals surface area contributed by atoms with Crippen molar-refractivity contribution in [1.29, 1.82) is 5.26 Å². The van der Waals surface area contributed by atoms with Gasteiger partial charge in [0.1, 0.15) is 5.82 Å². The Morgan fingerprint density at radius 1 is 1.67 bits per heavy atom. The van der Waals surface area contributed by atoms with Gasteiger partial charge in [0.25, 0.3) is 0 Å². The van der Waals surface area contributed by atoms with Crippen LogP contribution in [0, 0.1) is 17.2 Å². The first kappa shape index (κ1) is 12.8. The van der Waals surface area contributed by atoms with Crippen molar-refractivity contribution in [2.75, 3.05) is 11.9 Å². The number of nitrogens with one attached hydrogen (secondary N) is 1. The zero-order chi connectivity index (χ0) is 13.0. The molecule has 2 atom stereocenters. The van der Waals surface area contributed by atoms with Crippen LogP contribution in [0.4, 0.5) is 5.82 Å². The van der Waals surface area contributed by atoms with Crippen LogP contribution in [-0.4, -0.2) is 22.2 Å². The molecule has 2 unspecified atom stereocenters. The van der Waals surface area contributed by atoms with Gasteiger partial charge in [-0.3, -0.25) is 0 Å². The van der Waals surface area contributed by atoms with E-state index in [2.05, 4.69) is 23.3 Å². The maximum atomic E-state index is 10.5. The summed E-state index contributed by atoms with van der Waals surface area (Å²) in [5.74, 6) is 1.23. The summed E-state index contributed by atoms with van der Waals surface area (Å²) in [6.45, 7) is 2.68. The average Bonchev–Trinajstić information content (AvgIpc) is 2.37. The first-order valence-electron chi connectivity index (χ1n) is 6.44. The molecule has 0 aromatic carbocycles. The van der Waals surface area contributed by atoms with Crippen molar-refractivity contribution in [3.05, 3.63) is 23.9 Å². The van der Waals surface area contributed by atoms with E-state index in [0.29, 0.717) is 23.8 Å². The van der Waals surface area contributed by atoms with Gasteiger partial charge in [-0.2, -0.15) is 5.26 Å². The molecule has 1 aliphatic carbocycles. The molecule has 1 heterocycles. The third kappa shape index (κ3) is 3.21. The number of nitrogens with zero attached hydrogens (tertiary/aromatic N) is 2. The highest BCUT2D eigenvalue weighted by atomic mass is 16.3. The van der Waals surface area contributed by atoms with Gasteiger partial charge in [-0.05, 0) is 30.9 Å². The monoisotopic (exact) mass is 245 g/mol. The highest BCUT2D eigenvalue weighted by molar-refractivity contribution is 5.42. The van der Waals surface area contributed by atoms with E-state index in [1.807, 2.05) is 0 Å².